The summed E-state index contributed by atoms with van der Waals surface area (Å²) in [5.41, 5.74) is -0.0751. The number of hydrogen-bond acceptors (Lipinski definition) is 2. The molecule has 0 amide bonds. The highest BCUT2D eigenvalue weighted by molar-refractivity contribution is 5.33. The zero-order valence-corrected chi connectivity index (χ0v) is 9.92. The average Bonchev–Trinajstić information content (AvgIpc) is 2.41. The van der Waals surface area contributed by atoms with Crippen LogP contribution in [0.25, 0.3) is 0 Å². The molecule has 2 aromatic rings. The smallest absolute Gasteiger partial charge is 0.194 e. The molecule has 1 atom stereocenters. The topological polar surface area (TPSA) is 24.9 Å². The number of hydrogen-bond donors (Lipinski definition) is 1. The van der Waals surface area contributed by atoms with Crippen molar-refractivity contribution < 1.29 is 17.6 Å². The van der Waals surface area contributed by atoms with Crippen LogP contribution in [-0.4, -0.2) is 12.0 Å². The zero-order valence-electron chi connectivity index (χ0n) is 9.92. The molecule has 19 heavy (non-hydrogen) atoms. The van der Waals surface area contributed by atoms with E-state index >= 15 is 0 Å². The van der Waals surface area contributed by atoms with Gasteiger partial charge in [0.2, 0.25) is 0 Å². The Hall–Kier alpha value is -1.95. The van der Waals surface area contributed by atoms with Crippen LogP contribution in [0.1, 0.15) is 17.2 Å². The lowest BCUT2D eigenvalue weighted by atomic mass is 9.98. The van der Waals surface area contributed by atoms with E-state index in [1.165, 1.54) is 19.3 Å². The maximum absolute atomic E-state index is 13.7. The van der Waals surface area contributed by atoms with Crippen LogP contribution < -0.4 is 5.32 Å². The highest BCUT2D eigenvalue weighted by atomic mass is 19.2. The number of nitrogens with one attached hydrogen (secondary N) is 1. The van der Waals surface area contributed by atoms with Crippen LogP contribution in [0.15, 0.2) is 30.6 Å². The summed E-state index contributed by atoms with van der Waals surface area (Å²) >= 11 is 0. The standard InChI is InChI=1S/C13H10F4N2/c1-18-13(7-4-5-19-6-10(7)15)8-2-3-9(14)12(17)11(8)16/h2-6,13,18H,1H3. The van der Waals surface area contributed by atoms with Crippen molar-refractivity contribution in [3.8, 4) is 0 Å². The fraction of sp³-hybridized carbons (Fsp3) is 0.154. The molecule has 0 fully saturated rings. The first-order valence-corrected chi connectivity index (χ1v) is 5.46. The fourth-order valence-electron chi connectivity index (χ4n) is 1.86. The highest BCUT2D eigenvalue weighted by Crippen LogP contribution is 2.27. The Balaban J connectivity index is 2.55. The molecule has 0 aliphatic heterocycles. The third-order valence-corrected chi connectivity index (χ3v) is 2.78. The summed E-state index contributed by atoms with van der Waals surface area (Å²) in [5, 5.41) is 2.67. The molecule has 0 radical (unpaired) electrons. The van der Waals surface area contributed by atoms with E-state index in [-0.39, 0.29) is 11.1 Å². The molecule has 6 heteroatoms. The van der Waals surface area contributed by atoms with Crippen molar-refractivity contribution in [1.82, 2.24) is 10.3 Å². The second-order valence-electron chi connectivity index (χ2n) is 3.88. The molecule has 0 saturated heterocycles. The fourth-order valence-corrected chi connectivity index (χ4v) is 1.86. The van der Waals surface area contributed by atoms with Crippen LogP contribution in [-0.2, 0) is 0 Å². The van der Waals surface area contributed by atoms with Crippen LogP contribution in [0, 0.1) is 23.3 Å². The van der Waals surface area contributed by atoms with Gasteiger partial charge in [-0.25, -0.2) is 17.6 Å². The van der Waals surface area contributed by atoms with Crippen molar-refractivity contribution in [2.75, 3.05) is 7.05 Å². The second kappa shape index (κ2) is 5.36. The van der Waals surface area contributed by atoms with Gasteiger partial charge in [0, 0.05) is 17.3 Å². The molecular weight excluding hydrogens is 260 g/mol. The Bertz CT molecular complexity index is 601. The molecule has 0 bridgehead atoms. The van der Waals surface area contributed by atoms with E-state index in [0.717, 1.165) is 18.3 Å². The molecule has 2 rings (SSSR count). The minimum atomic E-state index is -1.58. The van der Waals surface area contributed by atoms with Gasteiger partial charge in [0.1, 0.15) is 5.82 Å². The SMILES string of the molecule is CNC(c1ccncc1F)c1ccc(F)c(F)c1F. The van der Waals surface area contributed by atoms with Gasteiger partial charge in [-0.15, -0.1) is 0 Å². The number of rotatable bonds is 3. The van der Waals surface area contributed by atoms with E-state index in [0.29, 0.717) is 0 Å². The summed E-state index contributed by atoms with van der Waals surface area (Å²) in [4.78, 5) is 3.58. The Morgan fingerprint density at radius 1 is 0.947 bits per heavy atom. The first kappa shape index (κ1) is 13.5. The van der Waals surface area contributed by atoms with E-state index in [4.69, 9.17) is 0 Å². The van der Waals surface area contributed by atoms with Gasteiger partial charge < -0.3 is 5.32 Å². The Morgan fingerprint density at radius 3 is 2.32 bits per heavy atom. The maximum atomic E-state index is 13.7. The van der Waals surface area contributed by atoms with Crippen LogP contribution in [0.5, 0.6) is 0 Å². The van der Waals surface area contributed by atoms with Gasteiger partial charge in [-0.05, 0) is 19.2 Å². The second-order valence-corrected chi connectivity index (χ2v) is 3.88. The highest BCUT2D eigenvalue weighted by Gasteiger charge is 2.23. The summed E-state index contributed by atoms with van der Waals surface area (Å²) in [6.07, 6.45) is 2.30. The lowest BCUT2D eigenvalue weighted by molar-refractivity contribution is 0.433. The Kier molecular flexibility index (Phi) is 3.80. The van der Waals surface area contributed by atoms with Gasteiger partial charge in [0.15, 0.2) is 17.5 Å². The average molecular weight is 270 g/mol. The molecule has 0 saturated carbocycles. The molecule has 1 unspecified atom stereocenters. The predicted octanol–water partition coefficient (Wildman–Crippen LogP) is 2.95. The molecule has 2 nitrogen and oxygen atoms in total. The molecule has 1 N–H and O–H groups in total. The van der Waals surface area contributed by atoms with E-state index in [1.807, 2.05) is 0 Å². The van der Waals surface area contributed by atoms with Gasteiger partial charge in [0.05, 0.1) is 12.2 Å². The lowest BCUT2D eigenvalue weighted by Gasteiger charge is -2.18. The number of benzene rings is 1. The molecule has 0 aliphatic rings. The Labute approximate surface area is 107 Å². The zero-order chi connectivity index (χ0) is 14.0. The Morgan fingerprint density at radius 2 is 1.68 bits per heavy atom. The number of nitrogens with zero attached hydrogens (tertiary/aromatic N) is 1. The lowest BCUT2D eigenvalue weighted by Crippen LogP contribution is -2.21. The molecule has 0 aliphatic carbocycles. The number of aromatic nitrogens is 1. The summed E-state index contributed by atoms with van der Waals surface area (Å²) in [6, 6.07) is 2.29. The normalized spacial score (nSPS) is 12.5. The van der Waals surface area contributed by atoms with E-state index in [9.17, 15) is 17.6 Å². The van der Waals surface area contributed by atoms with Crippen LogP contribution in [0.4, 0.5) is 17.6 Å². The van der Waals surface area contributed by atoms with Gasteiger partial charge >= 0.3 is 0 Å². The maximum Gasteiger partial charge on any atom is 0.194 e. The monoisotopic (exact) mass is 270 g/mol. The van der Waals surface area contributed by atoms with E-state index < -0.39 is 29.3 Å². The number of pyridine rings is 1. The van der Waals surface area contributed by atoms with Gasteiger partial charge in [0.25, 0.3) is 0 Å². The van der Waals surface area contributed by atoms with Crippen molar-refractivity contribution in [1.29, 1.82) is 0 Å². The third-order valence-electron chi connectivity index (χ3n) is 2.78. The number of halogens is 4. The molecule has 1 heterocycles. The van der Waals surface area contributed by atoms with Crippen molar-refractivity contribution >= 4 is 0 Å². The molecule has 0 spiro atoms. The largest absolute Gasteiger partial charge is 0.309 e. The van der Waals surface area contributed by atoms with Gasteiger partial charge in [-0.1, -0.05) is 6.07 Å². The third kappa shape index (κ3) is 2.44. The van der Waals surface area contributed by atoms with E-state index in [2.05, 4.69) is 10.3 Å². The van der Waals surface area contributed by atoms with Crippen LogP contribution in [0.3, 0.4) is 0 Å². The first-order valence-electron chi connectivity index (χ1n) is 5.46. The van der Waals surface area contributed by atoms with E-state index in [1.54, 1.807) is 0 Å². The van der Waals surface area contributed by atoms with Crippen molar-refractivity contribution in [2.24, 2.45) is 0 Å². The van der Waals surface area contributed by atoms with Gasteiger partial charge in [-0.3, -0.25) is 4.98 Å². The van der Waals surface area contributed by atoms with Crippen molar-refractivity contribution in [3.63, 3.8) is 0 Å². The van der Waals surface area contributed by atoms with Crippen LogP contribution in [0.2, 0.25) is 0 Å². The summed E-state index contributed by atoms with van der Waals surface area (Å²) in [5.74, 6) is -4.86. The minimum Gasteiger partial charge on any atom is -0.309 e. The quantitative estimate of drug-likeness (QED) is 0.685. The molecule has 1 aromatic heterocycles. The predicted molar refractivity (Wildman–Crippen MR) is 61.4 cm³/mol. The first-order chi connectivity index (χ1) is 9.06. The minimum absolute atomic E-state index is 0.0995. The van der Waals surface area contributed by atoms with Crippen LogP contribution >= 0.6 is 0 Å². The molecular formula is C13H10F4N2. The summed E-state index contributed by atoms with van der Waals surface area (Å²) in [7, 11) is 1.46. The molecule has 100 valence electrons. The van der Waals surface area contributed by atoms with Gasteiger partial charge in [-0.2, -0.15) is 0 Å². The summed E-state index contributed by atoms with van der Waals surface area (Å²) in [6.45, 7) is 0. The molecule has 1 aromatic carbocycles. The van der Waals surface area contributed by atoms with Crippen molar-refractivity contribution in [2.45, 2.75) is 6.04 Å². The van der Waals surface area contributed by atoms with Crippen molar-refractivity contribution in [3.05, 3.63) is 65.0 Å². The summed E-state index contributed by atoms with van der Waals surface area (Å²) < 4.78 is 53.5.